The van der Waals surface area contributed by atoms with Crippen LogP contribution in [0.1, 0.15) is 33.2 Å². The maximum absolute atomic E-state index is 12.6. The van der Waals surface area contributed by atoms with Crippen molar-refractivity contribution in [1.82, 2.24) is 10.6 Å². The number of carbonyl (C=O) groups is 2. The van der Waals surface area contributed by atoms with Crippen LogP contribution in [0.4, 0.5) is 5.69 Å². The number of halogens is 3. The lowest BCUT2D eigenvalue weighted by atomic mass is 10.1. The van der Waals surface area contributed by atoms with Gasteiger partial charge in [0.05, 0.1) is 12.2 Å². The number of alkyl halides is 3. The predicted octanol–water partition coefficient (Wildman–Crippen LogP) is 4.58. The normalized spacial score (nSPS) is 11.9. The van der Waals surface area contributed by atoms with Crippen molar-refractivity contribution in [1.29, 1.82) is 0 Å². The highest BCUT2D eigenvalue weighted by atomic mass is 35.6. The highest BCUT2D eigenvalue weighted by molar-refractivity contribution is 7.80. The Balaban J connectivity index is 2.04. The zero-order chi connectivity index (χ0) is 22.3. The van der Waals surface area contributed by atoms with Crippen molar-refractivity contribution in [3.63, 3.8) is 0 Å². The summed E-state index contributed by atoms with van der Waals surface area (Å²) in [4.78, 5) is 24.3. The van der Waals surface area contributed by atoms with E-state index in [1.54, 1.807) is 56.3 Å². The van der Waals surface area contributed by atoms with Crippen LogP contribution in [0.15, 0.2) is 48.5 Å². The summed E-state index contributed by atoms with van der Waals surface area (Å²) in [5.41, 5.74) is 2.23. The second-order valence-corrected chi connectivity index (χ2v) is 8.94. The van der Waals surface area contributed by atoms with E-state index in [1.165, 1.54) is 0 Å². The van der Waals surface area contributed by atoms with E-state index in [4.69, 9.17) is 51.8 Å². The number of thiocarbonyl (C=S) groups is 1. The molecule has 160 valence electrons. The molecule has 2 aromatic rings. The first-order valence-electron chi connectivity index (χ1n) is 8.89. The number of anilines is 1. The molecule has 0 aliphatic heterocycles. The summed E-state index contributed by atoms with van der Waals surface area (Å²) in [6, 6.07) is 13.5. The predicted molar refractivity (Wildman–Crippen MR) is 124 cm³/mol. The fourth-order valence-electron chi connectivity index (χ4n) is 2.44. The number of rotatable bonds is 6. The van der Waals surface area contributed by atoms with Gasteiger partial charge in [-0.2, -0.15) is 0 Å². The minimum absolute atomic E-state index is 0.111. The molecular formula is C20H20Cl3N3O3S. The van der Waals surface area contributed by atoms with Crippen LogP contribution < -0.4 is 16.0 Å². The average Bonchev–Trinajstić information content (AvgIpc) is 2.67. The van der Waals surface area contributed by atoms with Gasteiger partial charge in [0.1, 0.15) is 6.17 Å². The highest BCUT2D eigenvalue weighted by Crippen LogP contribution is 2.29. The third kappa shape index (κ3) is 7.02. The van der Waals surface area contributed by atoms with Crippen LogP contribution in [0.2, 0.25) is 0 Å². The van der Waals surface area contributed by atoms with E-state index in [-0.39, 0.29) is 5.11 Å². The fourth-order valence-corrected chi connectivity index (χ4v) is 3.00. The Bertz CT molecular complexity index is 918. The molecule has 1 amide bonds. The highest BCUT2D eigenvalue weighted by Gasteiger charge is 2.35. The van der Waals surface area contributed by atoms with Crippen molar-refractivity contribution in [2.75, 3.05) is 11.9 Å². The van der Waals surface area contributed by atoms with Crippen molar-refractivity contribution >= 4 is 69.7 Å². The molecule has 6 nitrogen and oxygen atoms in total. The second-order valence-electron chi connectivity index (χ2n) is 6.16. The third-order valence-electron chi connectivity index (χ3n) is 3.92. The smallest absolute Gasteiger partial charge is 0.338 e. The molecule has 0 unspecified atom stereocenters. The van der Waals surface area contributed by atoms with Gasteiger partial charge in [0.2, 0.25) is 3.79 Å². The van der Waals surface area contributed by atoms with E-state index < -0.39 is 21.8 Å². The van der Waals surface area contributed by atoms with E-state index in [2.05, 4.69) is 16.0 Å². The van der Waals surface area contributed by atoms with Crippen molar-refractivity contribution in [3.8, 4) is 0 Å². The van der Waals surface area contributed by atoms with Gasteiger partial charge in [-0.1, -0.05) is 53.0 Å². The lowest BCUT2D eigenvalue weighted by Crippen LogP contribution is -2.56. The van der Waals surface area contributed by atoms with E-state index in [0.717, 1.165) is 5.56 Å². The number of benzene rings is 2. The van der Waals surface area contributed by atoms with Gasteiger partial charge in [-0.05, 0) is 62.0 Å². The Kier molecular flexibility index (Phi) is 8.73. The van der Waals surface area contributed by atoms with Gasteiger partial charge in [-0.15, -0.1) is 0 Å². The maximum atomic E-state index is 12.6. The molecule has 2 aromatic carbocycles. The van der Waals surface area contributed by atoms with E-state index >= 15 is 0 Å². The number of hydrogen-bond donors (Lipinski definition) is 3. The van der Waals surface area contributed by atoms with Gasteiger partial charge in [0, 0.05) is 11.3 Å². The monoisotopic (exact) mass is 487 g/mol. The summed E-state index contributed by atoms with van der Waals surface area (Å²) in [6.07, 6.45) is -1.10. The molecule has 30 heavy (non-hydrogen) atoms. The molecule has 0 spiro atoms. The lowest BCUT2D eigenvalue weighted by molar-refractivity contribution is 0.0526. The van der Waals surface area contributed by atoms with Crippen LogP contribution in [0.5, 0.6) is 0 Å². The fraction of sp³-hybridized carbons (Fsp3) is 0.250. The number of amides is 1. The molecule has 0 fully saturated rings. The first-order chi connectivity index (χ1) is 14.1. The minimum atomic E-state index is -1.88. The standard InChI is InChI=1S/C20H20Cl3N3O3S/c1-3-29-17(28)13-8-10-14(11-9-13)24-19(30)26-18(20(21,22)23)25-16(27)15-7-5-4-6-12(15)2/h4-11,18H,3H2,1-2H3,(H,25,27)(H2,24,26,30)/t18-/m0/s1. The molecule has 0 heterocycles. The molecule has 0 aliphatic rings. The van der Waals surface area contributed by atoms with Crippen molar-refractivity contribution in [2.24, 2.45) is 0 Å². The number of aryl methyl sites for hydroxylation is 1. The topological polar surface area (TPSA) is 79.5 Å². The SMILES string of the molecule is CCOC(=O)c1ccc(NC(=S)N[C@H](NC(=O)c2ccccc2C)C(Cl)(Cl)Cl)cc1. The maximum Gasteiger partial charge on any atom is 0.338 e. The molecule has 10 heteroatoms. The molecule has 0 aliphatic carbocycles. The van der Waals surface area contributed by atoms with Gasteiger partial charge in [-0.3, -0.25) is 4.79 Å². The van der Waals surface area contributed by atoms with E-state index in [1.807, 2.05) is 6.07 Å². The molecular weight excluding hydrogens is 469 g/mol. The van der Waals surface area contributed by atoms with Gasteiger partial charge >= 0.3 is 5.97 Å². The summed E-state index contributed by atoms with van der Waals surface area (Å²) >= 11 is 23.3. The van der Waals surface area contributed by atoms with Crippen molar-refractivity contribution in [2.45, 2.75) is 23.8 Å². The Morgan fingerprint density at radius 3 is 2.27 bits per heavy atom. The molecule has 0 saturated carbocycles. The van der Waals surface area contributed by atoms with Crippen LogP contribution in [-0.4, -0.2) is 33.6 Å². The Labute approximate surface area is 195 Å². The first-order valence-corrected chi connectivity index (χ1v) is 10.4. The van der Waals surface area contributed by atoms with Crippen LogP contribution in [0, 0.1) is 6.92 Å². The third-order valence-corrected chi connectivity index (χ3v) is 4.80. The van der Waals surface area contributed by atoms with Gasteiger partial charge in [-0.25, -0.2) is 4.79 Å². The summed E-state index contributed by atoms with van der Waals surface area (Å²) in [6.45, 7) is 3.83. The van der Waals surface area contributed by atoms with Crippen molar-refractivity contribution in [3.05, 3.63) is 65.2 Å². The summed E-state index contributed by atoms with van der Waals surface area (Å²) in [7, 11) is 0. The lowest BCUT2D eigenvalue weighted by Gasteiger charge is -2.28. The molecule has 0 saturated heterocycles. The first kappa shape index (κ1) is 24.2. The minimum Gasteiger partial charge on any atom is -0.462 e. The Morgan fingerprint density at radius 2 is 1.70 bits per heavy atom. The number of nitrogens with one attached hydrogen (secondary N) is 3. The Morgan fingerprint density at radius 1 is 1.07 bits per heavy atom. The van der Waals surface area contributed by atoms with Crippen molar-refractivity contribution < 1.29 is 14.3 Å². The quantitative estimate of drug-likeness (QED) is 0.239. The average molecular weight is 489 g/mol. The van der Waals surface area contributed by atoms with Crippen LogP contribution in [0.3, 0.4) is 0 Å². The molecule has 0 radical (unpaired) electrons. The zero-order valence-corrected chi connectivity index (χ0v) is 19.3. The largest absolute Gasteiger partial charge is 0.462 e. The van der Waals surface area contributed by atoms with Crippen LogP contribution in [0.25, 0.3) is 0 Å². The molecule has 2 rings (SSSR count). The van der Waals surface area contributed by atoms with E-state index in [0.29, 0.717) is 23.4 Å². The molecule has 3 N–H and O–H groups in total. The summed E-state index contributed by atoms with van der Waals surface area (Å²) in [5.74, 6) is -0.835. The van der Waals surface area contributed by atoms with Gasteiger partial charge in [0.25, 0.3) is 5.91 Å². The zero-order valence-electron chi connectivity index (χ0n) is 16.2. The number of ether oxygens (including phenoxy) is 1. The van der Waals surface area contributed by atoms with Crippen LogP contribution >= 0.6 is 47.0 Å². The number of hydrogen-bond acceptors (Lipinski definition) is 4. The Hall–Kier alpha value is -2.06. The number of carbonyl (C=O) groups excluding carboxylic acids is 2. The summed E-state index contributed by atoms with van der Waals surface area (Å²) in [5, 5.41) is 8.44. The summed E-state index contributed by atoms with van der Waals surface area (Å²) < 4.78 is 3.06. The molecule has 0 aromatic heterocycles. The van der Waals surface area contributed by atoms with Gasteiger partial charge < -0.3 is 20.7 Å². The molecule has 1 atom stereocenters. The number of esters is 1. The molecule has 0 bridgehead atoms. The van der Waals surface area contributed by atoms with E-state index in [9.17, 15) is 9.59 Å². The van der Waals surface area contributed by atoms with Gasteiger partial charge in [0.15, 0.2) is 5.11 Å². The van der Waals surface area contributed by atoms with Crippen LogP contribution in [-0.2, 0) is 4.74 Å². The second kappa shape index (κ2) is 10.8.